The maximum atomic E-state index is 6.72. The van der Waals surface area contributed by atoms with Gasteiger partial charge >= 0.3 is 6.72 Å². The van der Waals surface area contributed by atoms with E-state index in [0.29, 0.717) is 17.8 Å². The van der Waals surface area contributed by atoms with Crippen LogP contribution in [0.5, 0.6) is 5.88 Å². The van der Waals surface area contributed by atoms with Crippen LogP contribution in [-0.2, 0) is 30.1 Å². The van der Waals surface area contributed by atoms with Gasteiger partial charge in [0.2, 0.25) is 11.8 Å². The van der Waals surface area contributed by atoms with Gasteiger partial charge in [0.05, 0.1) is 25.6 Å². The first-order valence-electron chi connectivity index (χ1n) is 8.92. The van der Waals surface area contributed by atoms with E-state index in [2.05, 4.69) is 15.0 Å². The van der Waals surface area contributed by atoms with E-state index in [0.717, 1.165) is 0 Å². The van der Waals surface area contributed by atoms with Crippen LogP contribution in [0.2, 0.25) is 0 Å². The second kappa shape index (κ2) is 7.72. The molecule has 10 nitrogen and oxygen atoms in total. The molecule has 2 fully saturated rings. The number of hydrogen-bond donors (Lipinski definition) is 1. The number of halogens is 2. The van der Waals surface area contributed by atoms with Gasteiger partial charge in [-0.2, -0.15) is 9.97 Å². The average molecular weight is 484 g/mol. The highest BCUT2D eigenvalue weighted by Crippen LogP contribution is 2.62. The highest BCUT2D eigenvalue weighted by Gasteiger charge is 2.61. The van der Waals surface area contributed by atoms with Crippen LogP contribution in [0, 0.1) is 0 Å². The van der Waals surface area contributed by atoms with Crippen molar-refractivity contribution in [3.05, 3.63) is 6.33 Å². The maximum Gasteiger partial charge on any atom is 0.327 e. The molecule has 0 aliphatic carbocycles. The summed E-state index contributed by atoms with van der Waals surface area (Å²) < 4.78 is 28.9. The van der Waals surface area contributed by atoms with Crippen molar-refractivity contribution < 1.29 is 23.0 Å². The first-order valence-corrected chi connectivity index (χ1v) is 12.2. The molecule has 0 bridgehead atoms. The van der Waals surface area contributed by atoms with Crippen LogP contribution in [0.15, 0.2) is 6.33 Å². The topological polar surface area (TPSA) is 116 Å². The number of alkyl halides is 2. The molecule has 2 saturated heterocycles. The van der Waals surface area contributed by atoms with E-state index in [-0.39, 0.29) is 24.5 Å². The predicted molar refractivity (Wildman–Crippen MR) is 111 cm³/mol. The van der Waals surface area contributed by atoms with E-state index in [1.807, 2.05) is 20.8 Å². The molecule has 0 amide bonds. The summed E-state index contributed by atoms with van der Waals surface area (Å²) in [4.78, 5) is 12.7. The van der Waals surface area contributed by atoms with Crippen LogP contribution in [0.3, 0.4) is 0 Å². The van der Waals surface area contributed by atoms with Crippen molar-refractivity contribution in [2.75, 3.05) is 18.9 Å². The quantitative estimate of drug-likeness (QED) is 0.502. The lowest BCUT2D eigenvalue weighted by molar-refractivity contribution is -0.0632. The zero-order valence-electron chi connectivity index (χ0n) is 15.8. The molecule has 4 atom stereocenters. The van der Waals surface area contributed by atoms with E-state index in [1.165, 1.54) is 6.33 Å². The molecule has 0 spiro atoms. The molecule has 14 heteroatoms. The van der Waals surface area contributed by atoms with Gasteiger partial charge in [-0.05, 0) is 32.6 Å². The van der Waals surface area contributed by atoms with Crippen LogP contribution in [0.4, 0.5) is 5.95 Å². The van der Waals surface area contributed by atoms with Crippen molar-refractivity contribution >= 4 is 58.8 Å². The summed E-state index contributed by atoms with van der Waals surface area (Å²) in [5, 5.41) is 0. The number of anilines is 1. The van der Waals surface area contributed by atoms with Crippen molar-refractivity contribution in [3.8, 4) is 5.88 Å². The third-order valence-corrected chi connectivity index (χ3v) is 7.54. The minimum Gasteiger partial charge on any atom is -0.476 e. The van der Waals surface area contributed by atoms with Gasteiger partial charge in [-0.3, -0.25) is 9.09 Å². The molecule has 4 heterocycles. The van der Waals surface area contributed by atoms with Gasteiger partial charge in [-0.25, -0.2) is 4.98 Å². The van der Waals surface area contributed by atoms with Crippen LogP contribution in [0.1, 0.15) is 27.0 Å². The largest absolute Gasteiger partial charge is 0.476 e. The van der Waals surface area contributed by atoms with E-state index >= 15 is 0 Å². The summed E-state index contributed by atoms with van der Waals surface area (Å²) >= 11 is 18.9. The van der Waals surface area contributed by atoms with Gasteiger partial charge in [0.15, 0.2) is 21.7 Å². The fourth-order valence-corrected chi connectivity index (χ4v) is 6.58. The minimum absolute atomic E-state index is 0.0216. The highest BCUT2D eigenvalue weighted by molar-refractivity contribution is 8.07. The zero-order valence-corrected chi connectivity index (χ0v) is 19.0. The number of rotatable bonds is 5. The third-order valence-electron chi connectivity index (χ3n) is 4.27. The van der Waals surface area contributed by atoms with Gasteiger partial charge < -0.3 is 24.3 Å². The van der Waals surface area contributed by atoms with Gasteiger partial charge in [0, 0.05) is 0 Å². The van der Waals surface area contributed by atoms with Crippen molar-refractivity contribution in [1.82, 2.24) is 19.5 Å². The van der Waals surface area contributed by atoms with E-state index in [9.17, 15) is 0 Å². The average Bonchev–Trinajstić information content (AvgIpc) is 3.13. The highest BCUT2D eigenvalue weighted by atomic mass is 35.5. The Labute approximate surface area is 182 Å². The molecule has 160 valence electrons. The fourth-order valence-electron chi connectivity index (χ4n) is 3.20. The molecular weight excluding hydrogens is 464 g/mol. The molecule has 0 saturated carbocycles. The molecule has 2 aliphatic heterocycles. The summed E-state index contributed by atoms with van der Waals surface area (Å²) in [6.07, 6.45) is -0.893. The van der Waals surface area contributed by atoms with Gasteiger partial charge in [0.1, 0.15) is 12.2 Å². The van der Waals surface area contributed by atoms with Crippen LogP contribution >= 0.6 is 29.9 Å². The molecule has 0 aromatic carbocycles. The van der Waals surface area contributed by atoms with Crippen LogP contribution in [-0.4, -0.2) is 55.4 Å². The van der Waals surface area contributed by atoms with Crippen molar-refractivity contribution in [3.63, 3.8) is 0 Å². The van der Waals surface area contributed by atoms with E-state index in [1.54, 1.807) is 4.57 Å². The van der Waals surface area contributed by atoms with Gasteiger partial charge in [-0.1, -0.05) is 23.2 Å². The summed E-state index contributed by atoms with van der Waals surface area (Å²) in [5.74, 6) is 0.285. The third kappa shape index (κ3) is 3.83. The van der Waals surface area contributed by atoms with Crippen LogP contribution in [0.25, 0.3) is 11.2 Å². The predicted octanol–water partition coefficient (Wildman–Crippen LogP) is 2.94. The molecule has 0 radical (unpaired) electrons. The molecule has 2 aromatic heterocycles. The van der Waals surface area contributed by atoms with E-state index in [4.69, 9.17) is 63.8 Å². The second-order valence-electron chi connectivity index (χ2n) is 6.77. The molecule has 29 heavy (non-hydrogen) atoms. The van der Waals surface area contributed by atoms with E-state index < -0.39 is 29.5 Å². The smallest absolute Gasteiger partial charge is 0.327 e. The normalized spacial score (nSPS) is 31.3. The first-order chi connectivity index (χ1) is 13.6. The molecule has 4 rings (SSSR count). The molecular formula is C15H20Cl2N5O5PS. The number of nitrogen functional groups attached to an aromatic ring is 1. The lowest BCUT2D eigenvalue weighted by atomic mass is 10.2. The number of nitrogens with zero attached hydrogens (tertiary/aromatic N) is 4. The van der Waals surface area contributed by atoms with Crippen LogP contribution < -0.4 is 10.5 Å². The fraction of sp³-hybridized carbons (Fsp3) is 0.667. The lowest BCUT2D eigenvalue weighted by Crippen LogP contribution is -2.42. The Balaban J connectivity index is 1.70. The Morgan fingerprint density at radius 3 is 2.90 bits per heavy atom. The maximum absolute atomic E-state index is 6.72. The van der Waals surface area contributed by atoms with Crippen molar-refractivity contribution in [2.45, 2.75) is 49.6 Å². The minimum atomic E-state index is -3.00. The Kier molecular flexibility index (Phi) is 5.71. The molecule has 2 N–H and O–H groups in total. The number of imidazole rings is 1. The monoisotopic (exact) mass is 483 g/mol. The summed E-state index contributed by atoms with van der Waals surface area (Å²) in [6, 6.07) is 0. The number of fused-ring (bicyclic) bond motifs is 2. The molecule has 2 aliphatic rings. The number of ether oxygens (including phenoxy) is 2. The SMILES string of the molecule is CCOc1nc(N)nc2c1ncn2[C@@H]1O[C@@H]2COP(=S)(OC(C)C)O[C@H]2C1(Cl)Cl. The summed E-state index contributed by atoms with van der Waals surface area (Å²) in [7, 11) is 0. The second-order valence-corrected chi connectivity index (χ2v) is 11.1. The zero-order chi connectivity index (χ0) is 21.0. The standard InChI is InChI=1S/C15H20Cl2N5O5PS/c1-4-23-12-9-11(20-14(18)21-12)22(6-19-9)13-15(16,17)10-8(25-13)5-24-28(29,27-10)26-7(2)3/h6-8,10,13H,4-5H2,1-3H3,(H2,18,20,21)/t8-,10-,13-,28?/m1/s1. The van der Waals surface area contributed by atoms with Gasteiger partial charge in [0.25, 0.3) is 0 Å². The molecule has 1 unspecified atom stereocenters. The lowest BCUT2D eigenvalue weighted by Gasteiger charge is -2.36. The van der Waals surface area contributed by atoms with Crippen molar-refractivity contribution in [2.24, 2.45) is 0 Å². The Hall–Kier alpha value is -0.780. The number of aromatic nitrogens is 4. The van der Waals surface area contributed by atoms with Crippen molar-refractivity contribution in [1.29, 1.82) is 0 Å². The summed E-state index contributed by atoms with van der Waals surface area (Å²) in [6.45, 7) is 3.04. The first kappa shape index (κ1) is 21.5. The Morgan fingerprint density at radius 2 is 2.21 bits per heavy atom. The van der Waals surface area contributed by atoms with Gasteiger partial charge in [-0.15, -0.1) is 0 Å². The number of nitrogens with two attached hydrogens (primary N) is 1. The Morgan fingerprint density at radius 1 is 1.45 bits per heavy atom. The summed E-state index contributed by atoms with van der Waals surface area (Å²) in [5.41, 5.74) is 6.61. The Bertz CT molecular complexity index is 976. The molecule has 2 aromatic rings. The number of hydrogen-bond acceptors (Lipinski definition) is 10.